The SMILES string of the molecule is CCc1ccc(S(=O)(=O)NCCc2nc3ccccc3s2)cc1. The second-order valence-electron chi connectivity index (χ2n) is 5.22. The molecule has 0 radical (unpaired) electrons. The molecule has 3 aromatic rings. The molecule has 0 atom stereocenters. The van der Waals surface area contributed by atoms with Gasteiger partial charge in [-0.3, -0.25) is 0 Å². The molecule has 0 fully saturated rings. The van der Waals surface area contributed by atoms with Crippen LogP contribution in [0.3, 0.4) is 0 Å². The standard InChI is InChI=1S/C17H18N2O2S2/c1-2-13-7-9-14(10-8-13)23(20,21)18-12-11-17-19-15-5-3-4-6-16(15)22-17/h3-10,18H,2,11-12H2,1H3. The van der Waals surface area contributed by atoms with Crippen LogP contribution in [0.2, 0.25) is 0 Å². The van der Waals surface area contributed by atoms with Crippen molar-refractivity contribution in [3.63, 3.8) is 0 Å². The van der Waals surface area contributed by atoms with Gasteiger partial charge in [0.2, 0.25) is 10.0 Å². The smallest absolute Gasteiger partial charge is 0.240 e. The zero-order valence-electron chi connectivity index (χ0n) is 12.8. The van der Waals surface area contributed by atoms with Crippen molar-refractivity contribution in [2.45, 2.75) is 24.7 Å². The van der Waals surface area contributed by atoms with E-state index in [4.69, 9.17) is 0 Å². The Hall–Kier alpha value is -1.76. The summed E-state index contributed by atoms with van der Waals surface area (Å²) in [6, 6.07) is 14.9. The lowest BCUT2D eigenvalue weighted by atomic mass is 10.2. The number of aryl methyl sites for hydroxylation is 1. The Kier molecular flexibility index (Phi) is 4.75. The molecule has 0 spiro atoms. The lowest BCUT2D eigenvalue weighted by molar-refractivity contribution is 0.581. The molecule has 0 aliphatic heterocycles. The third kappa shape index (κ3) is 3.77. The van der Waals surface area contributed by atoms with Gasteiger partial charge in [-0.05, 0) is 36.2 Å². The fraction of sp³-hybridized carbons (Fsp3) is 0.235. The van der Waals surface area contributed by atoms with E-state index >= 15 is 0 Å². The normalized spacial score (nSPS) is 11.9. The first-order valence-electron chi connectivity index (χ1n) is 7.51. The van der Waals surface area contributed by atoms with Crippen molar-refractivity contribution in [1.82, 2.24) is 9.71 Å². The first kappa shape index (κ1) is 16.1. The van der Waals surface area contributed by atoms with Crippen LogP contribution in [-0.4, -0.2) is 19.9 Å². The highest BCUT2D eigenvalue weighted by atomic mass is 32.2. The summed E-state index contributed by atoms with van der Waals surface area (Å²) in [6.45, 7) is 2.39. The Morgan fingerprint density at radius 1 is 1.09 bits per heavy atom. The van der Waals surface area contributed by atoms with Gasteiger partial charge < -0.3 is 0 Å². The predicted molar refractivity (Wildman–Crippen MR) is 94.3 cm³/mol. The van der Waals surface area contributed by atoms with E-state index in [1.165, 1.54) is 0 Å². The van der Waals surface area contributed by atoms with Gasteiger partial charge in [0.15, 0.2) is 0 Å². The van der Waals surface area contributed by atoms with Crippen molar-refractivity contribution < 1.29 is 8.42 Å². The Morgan fingerprint density at radius 3 is 2.52 bits per heavy atom. The molecular formula is C17H18N2O2S2. The van der Waals surface area contributed by atoms with E-state index < -0.39 is 10.0 Å². The number of benzene rings is 2. The third-order valence-corrected chi connectivity index (χ3v) is 6.18. The molecule has 1 N–H and O–H groups in total. The van der Waals surface area contributed by atoms with Gasteiger partial charge in [0.05, 0.1) is 20.1 Å². The molecule has 0 unspecified atom stereocenters. The number of sulfonamides is 1. The van der Waals surface area contributed by atoms with Gasteiger partial charge in [-0.15, -0.1) is 11.3 Å². The van der Waals surface area contributed by atoms with Gasteiger partial charge in [0.1, 0.15) is 0 Å². The van der Waals surface area contributed by atoms with E-state index in [9.17, 15) is 8.42 Å². The van der Waals surface area contributed by atoms with E-state index in [0.717, 1.165) is 27.2 Å². The number of aromatic nitrogens is 1. The van der Waals surface area contributed by atoms with Crippen LogP contribution >= 0.6 is 11.3 Å². The van der Waals surface area contributed by atoms with E-state index in [0.29, 0.717) is 17.9 Å². The van der Waals surface area contributed by atoms with E-state index in [1.54, 1.807) is 23.5 Å². The number of thiazole rings is 1. The summed E-state index contributed by atoms with van der Waals surface area (Å²) in [5.74, 6) is 0. The van der Waals surface area contributed by atoms with Crippen LogP contribution < -0.4 is 4.72 Å². The molecule has 0 aliphatic rings. The summed E-state index contributed by atoms with van der Waals surface area (Å²) in [4.78, 5) is 4.82. The minimum atomic E-state index is -3.46. The second kappa shape index (κ2) is 6.78. The number of hydrogen-bond donors (Lipinski definition) is 1. The lowest BCUT2D eigenvalue weighted by Crippen LogP contribution is -2.25. The molecule has 2 aromatic carbocycles. The molecule has 6 heteroatoms. The van der Waals surface area contributed by atoms with Gasteiger partial charge in [0, 0.05) is 13.0 Å². The van der Waals surface area contributed by atoms with Crippen molar-refractivity contribution in [2.24, 2.45) is 0 Å². The molecule has 0 saturated heterocycles. The Balaban J connectivity index is 1.64. The number of hydrogen-bond acceptors (Lipinski definition) is 4. The Labute approximate surface area is 140 Å². The Morgan fingerprint density at radius 2 is 1.83 bits per heavy atom. The van der Waals surface area contributed by atoms with Crippen LogP contribution in [0.5, 0.6) is 0 Å². The van der Waals surface area contributed by atoms with E-state index in [2.05, 4.69) is 9.71 Å². The maximum atomic E-state index is 12.3. The van der Waals surface area contributed by atoms with Crippen LogP contribution in [0.15, 0.2) is 53.4 Å². The van der Waals surface area contributed by atoms with Crippen LogP contribution in [0, 0.1) is 0 Å². The predicted octanol–water partition coefficient (Wildman–Crippen LogP) is 3.38. The van der Waals surface area contributed by atoms with Gasteiger partial charge in [-0.2, -0.15) is 0 Å². The lowest BCUT2D eigenvalue weighted by Gasteiger charge is -2.06. The molecule has 120 valence electrons. The fourth-order valence-corrected chi connectivity index (χ4v) is 4.31. The van der Waals surface area contributed by atoms with Crippen molar-refractivity contribution in [2.75, 3.05) is 6.54 Å². The number of nitrogens with zero attached hydrogens (tertiary/aromatic N) is 1. The zero-order valence-corrected chi connectivity index (χ0v) is 14.5. The van der Waals surface area contributed by atoms with Crippen molar-refractivity contribution in [3.8, 4) is 0 Å². The van der Waals surface area contributed by atoms with Crippen LogP contribution in [0.4, 0.5) is 0 Å². The molecule has 1 aromatic heterocycles. The quantitative estimate of drug-likeness (QED) is 0.744. The van der Waals surface area contributed by atoms with Crippen LogP contribution in [0.1, 0.15) is 17.5 Å². The Bertz CT molecular complexity index is 867. The molecule has 0 aliphatic carbocycles. The van der Waals surface area contributed by atoms with Crippen LogP contribution in [0.25, 0.3) is 10.2 Å². The first-order valence-corrected chi connectivity index (χ1v) is 9.81. The summed E-state index contributed by atoms with van der Waals surface area (Å²) in [6.07, 6.45) is 1.48. The van der Waals surface area contributed by atoms with E-state index in [-0.39, 0.29) is 0 Å². The number of rotatable bonds is 6. The first-order chi connectivity index (χ1) is 11.1. The molecular weight excluding hydrogens is 328 g/mol. The van der Waals surface area contributed by atoms with E-state index in [1.807, 2.05) is 43.3 Å². The molecule has 3 rings (SSSR count). The molecule has 1 heterocycles. The summed E-state index contributed by atoms with van der Waals surface area (Å²) in [7, 11) is -3.46. The number of para-hydroxylation sites is 1. The molecule has 23 heavy (non-hydrogen) atoms. The molecule has 4 nitrogen and oxygen atoms in total. The minimum absolute atomic E-state index is 0.305. The topological polar surface area (TPSA) is 59.1 Å². The zero-order chi connectivity index (χ0) is 16.3. The third-order valence-electron chi connectivity index (χ3n) is 3.61. The molecule has 0 saturated carbocycles. The number of nitrogens with one attached hydrogen (secondary N) is 1. The monoisotopic (exact) mass is 346 g/mol. The highest BCUT2D eigenvalue weighted by molar-refractivity contribution is 7.89. The summed E-state index contributed by atoms with van der Waals surface area (Å²) >= 11 is 1.60. The van der Waals surface area contributed by atoms with Crippen molar-refractivity contribution in [1.29, 1.82) is 0 Å². The van der Waals surface area contributed by atoms with Crippen molar-refractivity contribution in [3.05, 3.63) is 59.1 Å². The average Bonchev–Trinajstić information content (AvgIpc) is 2.97. The second-order valence-corrected chi connectivity index (χ2v) is 8.10. The number of fused-ring (bicyclic) bond motifs is 1. The van der Waals surface area contributed by atoms with Gasteiger partial charge in [0.25, 0.3) is 0 Å². The van der Waals surface area contributed by atoms with Gasteiger partial charge >= 0.3 is 0 Å². The summed E-state index contributed by atoms with van der Waals surface area (Å²) in [5.41, 5.74) is 2.09. The maximum Gasteiger partial charge on any atom is 0.240 e. The fourth-order valence-electron chi connectivity index (χ4n) is 2.31. The van der Waals surface area contributed by atoms with Gasteiger partial charge in [-0.1, -0.05) is 31.2 Å². The molecule has 0 amide bonds. The minimum Gasteiger partial charge on any atom is -0.241 e. The average molecular weight is 346 g/mol. The maximum absolute atomic E-state index is 12.3. The highest BCUT2D eigenvalue weighted by Crippen LogP contribution is 2.21. The summed E-state index contributed by atoms with van der Waals surface area (Å²) < 4.78 is 28.3. The highest BCUT2D eigenvalue weighted by Gasteiger charge is 2.13. The molecule has 0 bridgehead atoms. The summed E-state index contributed by atoms with van der Waals surface area (Å²) in [5, 5.41) is 0.940. The largest absolute Gasteiger partial charge is 0.241 e. The van der Waals surface area contributed by atoms with Crippen molar-refractivity contribution >= 4 is 31.6 Å². The van der Waals surface area contributed by atoms with Crippen LogP contribution in [-0.2, 0) is 22.9 Å². The van der Waals surface area contributed by atoms with Gasteiger partial charge in [-0.25, -0.2) is 18.1 Å².